The molecule has 1 aliphatic heterocycles. The van der Waals surface area contributed by atoms with Crippen LogP contribution in [0.5, 0.6) is 0 Å². The normalized spacial score (nSPS) is 17.7. The molecule has 5 nitrogen and oxygen atoms in total. The zero-order chi connectivity index (χ0) is 16.3. The van der Waals surface area contributed by atoms with Gasteiger partial charge >= 0.3 is 6.03 Å². The molecule has 1 N–H and O–H groups in total. The minimum Gasteiger partial charge on any atom is -0.390 e. The van der Waals surface area contributed by atoms with Crippen molar-refractivity contribution in [3.05, 3.63) is 35.6 Å². The highest BCUT2D eigenvalue weighted by Gasteiger charge is 2.26. The second-order valence-corrected chi connectivity index (χ2v) is 6.54. The number of halogens is 1. The van der Waals surface area contributed by atoms with E-state index in [0.717, 1.165) is 0 Å². The number of urea groups is 1. The van der Waals surface area contributed by atoms with E-state index in [9.17, 15) is 9.18 Å². The second kappa shape index (κ2) is 6.34. The van der Waals surface area contributed by atoms with Crippen molar-refractivity contribution in [1.29, 1.82) is 0 Å². The maximum Gasteiger partial charge on any atom is 0.317 e. The highest BCUT2D eigenvalue weighted by Crippen LogP contribution is 2.18. The maximum absolute atomic E-state index is 13.2. The number of rotatable bonds is 3. The van der Waals surface area contributed by atoms with Crippen molar-refractivity contribution < 1.29 is 14.0 Å². The molecule has 1 aromatic rings. The van der Waals surface area contributed by atoms with E-state index < -0.39 is 0 Å². The lowest BCUT2D eigenvalue weighted by atomic mass is 10.0. The maximum atomic E-state index is 13.2. The number of nitrogens with zero attached hydrogens (tertiary/aromatic N) is 2. The Balaban J connectivity index is 1.89. The first-order chi connectivity index (χ1) is 10.2. The number of carbonyl (C=O) groups excluding carboxylic acids is 1. The first-order valence-electron chi connectivity index (χ1n) is 7.26. The molecule has 6 heteroatoms. The van der Waals surface area contributed by atoms with Gasteiger partial charge in [-0.3, -0.25) is 0 Å². The third-order valence-electron chi connectivity index (χ3n) is 3.20. The van der Waals surface area contributed by atoms with Crippen LogP contribution in [-0.4, -0.2) is 41.9 Å². The smallest absolute Gasteiger partial charge is 0.317 e. The molecule has 0 aromatic heterocycles. The van der Waals surface area contributed by atoms with Gasteiger partial charge in [0.25, 0.3) is 0 Å². The van der Waals surface area contributed by atoms with Crippen LogP contribution in [0.2, 0.25) is 0 Å². The monoisotopic (exact) mass is 307 g/mol. The zero-order valence-electron chi connectivity index (χ0n) is 13.4. The van der Waals surface area contributed by atoms with Crippen molar-refractivity contribution in [3.8, 4) is 0 Å². The van der Waals surface area contributed by atoms with Gasteiger partial charge in [0.1, 0.15) is 5.82 Å². The Morgan fingerprint density at radius 2 is 2.23 bits per heavy atom. The van der Waals surface area contributed by atoms with Crippen molar-refractivity contribution in [2.75, 3.05) is 13.6 Å². The fraction of sp³-hybridized carbons (Fsp3) is 0.500. The van der Waals surface area contributed by atoms with Crippen LogP contribution in [0, 0.1) is 5.82 Å². The van der Waals surface area contributed by atoms with Gasteiger partial charge in [0.05, 0.1) is 12.3 Å². The lowest BCUT2D eigenvalue weighted by Crippen LogP contribution is -2.48. The summed E-state index contributed by atoms with van der Waals surface area (Å²) in [5, 5.41) is 6.89. The topological polar surface area (TPSA) is 53.9 Å². The van der Waals surface area contributed by atoms with Crippen molar-refractivity contribution in [2.24, 2.45) is 5.16 Å². The van der Waals surface area contributed by atoms with Crippen LogP contribution in [-0.2, 0) is 4.84 Å². The molecule has 0 bridgehead atoms. The van der Waals surface area contributed by atoms with Crippen LogP contribution < -0.4 is 5.32 Å². The lowest BCUT2D eigenvalue weighted by Gasteiger charge is -2.26. The predicted molar refractivity (Wildman–Crippen MR) is 83.3 cm³/mol. The lowest BCUT2D eigenvalue weighted by molar-refractivity contribution is 0.0649. The molecule has 0 aliphatic carbocycles. The highest BCUT2D eigenvalue weighted by molar-refractivity contribution is 6.01. The van der Waals surface area contributed by atoms with E-state index >= 15 is 0 Å². The van der Waals surface area contributed by atoms with Gasteiger partial charge in [0.2, 0.25) is 0 Å². The number of oxime groups is 1. The van der Waals surface area contributed by atoms with Crippen LogP contribution in [0.1, 0.15) is 32.8 Å². The second-order valence-electron chi connectivity index (χ2n) is 6.54. The summed E-state index contributed by atoms with van der Waals surface area (Å²) < 4.78 is 13.2. The molecule has 0 saturated heterocycles. The Morgan fingerprint density at radius 3 is 2.86 bits per heavy atom. The van der Waals surface area contributed by atoms with E-state index in [-0.39, 0.29) is 23.5 Å². The summed E-state index contributed by atoms with van der Waals surface area (Å²) in [7, 11) is 1.71. The first kappa shape index (κ1) is 16.3. The molecule has 0 saturated carbocycles. The molecule has 22 heavy (non-hydrogen) atoms. The van der Waals surface area contributed by atoms with E-state index in [2.05, 4.69) is 10.5 Å². The summed E-state index contributed by atoms with van der Waals surface area (Å²) >= 11 is 0. The molecule has 1 aromatic carbocycles. The van der Waals surface area contributed by atoms with Gasteiger partial charge in [0.15, 0.2) is 6.10 Å². The fourth-order valence-corrected chi connectivity index (χ4v) is 2.17. The molecule has 0 unspecified atom stereocenters. The third kappa shape index (κ3) is 4.44. The van der Waals surface area contributed by atoms with Gasteiger partial charge in [-0.2, -0.15) is 0 Å². The van der Waals surface area contributed by atoms with Crippen LogP contribution in [0.4, 0.5) is 9.18 Å². The molecular formula is C16H22FN3O2. The van der Waals surface area contributed by atoms with Crippen LogP contribution >= 0.6 is 0 Å². The van der Waals surface area contributed by atoms with Crippen molar-refractivity contribution in [3.63, 3.8) is 0 Å². The molecule has 120 valence electrons. The summed E-state index contributed by atoms with van der Waals surface area (Å²) in [5.41, 5.74) is 1.13. The minimum absolute atomic E-state index is 0.157. The van der Waals surface area contributed by atoms with E-state index in [4.69, 9.17) is 4.84 Å². The summed E-state index contributed by atoms with van der Waals surface area (Å²) in [6.07, 6.45) is 0.338. The molecule has 1 atom stereocenters. The number of hydrogen-bond donors (Lipinski definition) is 1. The molecule has 1 heterocycles. The van der Waals surface area contributed by atoms with Gasteiger partial charge in [-0.1, -0.05) is 17.3 Å². The summed E-state index contributed by atoms with van der Waals surface area (Å²) in [6.45, 7) is 6.20. The number of benzene rings is 1. The number of nitrogens with one attached hydrogen (secondary N) is 1. The van der Waals surface area contributed by atoms with Gasteiger partial charge < -0.3 is 15.1 Å². The van der Waals surface area contributed by atoms with E-state index in [0.29, 0.717) is 24.2 Å². The number of amides is 2. The Hall–Kier alpha value is -2.11. The van der Waals surface area contributed by atoms with Crippen molar-refractivity contribution in [1.82, 2.24) is 10.2 Å². The number of carbonyl (C=O) groups is 1. The highest BCUT2D eigenvalue weighted by atomic mass is 19.1. The van der Waals surface area contributed by atoms with Gasteiger partial charge in [0, 0.05) is 24.6 Å². The quantitative estimate of drug-likeness (QED) is 0.933. The van der Waals surface area contributed by atoms with Crippen molar-refractivity contribution in [2.45, 2.75) is 38.8 Å². The summed E-state index contributed by atoms with van der Waals surface area (Å²) in [6, 6.07) is 6.10. The molecular weight excluding hydrogens is 285 g/mol. The molecule has 2 amide bonds. The molecule has 2 rings (SSSR count). The molecule has 1 aliphatic rings. The fourth-order valence-electron chi connectivity index (χ4n) is 2.17. The number of hydrogen-bond acceptors (Lipinski definition) is 3. The first-order valence-corrected chi connectivity index (χ1v) is 7.26. The average molecular weight is 307 g/mol. The van der Waals surface area contributed by atoms with E-state index in [1.165, 1.54) is 12.1 Å². The van der Waals surface area contributed by atoms with Gasteiger partial charge in [-0.25, -0.2) is 9.18 Å². The Morgan fingerprint density at radius 1 is 1.50 bits per heavy atom. The summed E-state index contributed by atoms with van der Waals surface area (Å²) in [5.74, 6) is -0.301. The van der Waals surface area contributed by atoms with Crippen LogP contribution in [0.25, 0.3) is 0 Å². The van der Waals surface area contributed by atoms with Gasteiger partial charge in [-0.05, 0) is 32.9 Å². The molecule has 0 spiro atoms. The van der Waals surface area contributed by atoms with Crippen LogP contribution in [0.15, 0.2) is 29.4 Å². The van der Waals surface area contributed by atoms with Gasteiger partial charge in [-0.15, -0.1) is 0 Å². The molecule has 0 radical (unpaired) electrons. The SMILES string of the molecule is CN(C[C@H]1CC(c2cccc(F)c2)=NO1)C(=O)NC(C)(C)C. The Kier molecular flexibility index (Phi) is 4.68. The minimum atomic E-state index is -0.301. The Bertz CT molecular complexity index is 581. The third-order valence-corrected chi connectivity index (χ3v) is 3.20. The van der Waals surface area contributed by atoms with E-state index in [1.54, 1.807) is 24.1 Å². The summed E-state index contributed by atoms with van der Waals surface area (Å²) in [4.78, 5) is 18.9. The average Bonchev–Trinajstić information content (AvgIpc) is 2.85. The number of likely N-dealkylation sites (N-methyl/N-ethyl adjacent to an activating group) is 1. The van der Waals surface area contributed by atoms with Crippen molar-refractivity contribution >= 4 is 11.7 Å². The van der Waals surface area contributed by atoms with E-state index in [1.807, 2.05) is 20.8 Å². The Labute approximate surface area is 130 Å². The zero-order valence-corrected chi connectivity index (χ0v) is 13.4. The standard InChI is InChI=1S/C16H22FN3O2/c1-16(2,3)18-15(21)20(4)10-13-9-14(19-22-13)11-6-5-7-12(17)8-11/h5-8,13H,9-10H2,1-4H3,(H,18,21)/t13-/m1/s1. The predicted octanol–water partition coefficient (Wildman–Crippen LogP) is 2.76. The van der Waals surface area contributed by atoms with Crippen LogP contribution in [0.3, 0.4) is 0 Å². The molecule has 0 fully saturated rings. The largest absolute Gasteiger partial charge is 0.390 e.